The van der Waals surface area contributed by atoms with E-state index in [-0.39, 0.29) is 16.4 Å². The molecule has 1 rings (SSSR count). The van der Waals surface area contributed by atoms with Crippen LogP contribution in [-0.4, -0.2) is 38.1 Å². The van der Waals surface area contributed by atoms with Crippen LogP contribution in [0.4, 0.5) is 0 Å². The van der Waals surface area contributed by atoms with Crippen LogP contribution in [0.15, 0.2) is 4.90 Å². The third-order valence-corrected chi connectivity index (χ3v) is 5.81. The van der Waals surface area contributed by atoms with E-state index in [0.29, 0.717) is 24.4 Å². The molecule has 2 N–H and O–H groups in total. The summed E-state index contributed by atoms with van der Waals surface area (Å²) >= 11 is 0. The molecule has 0 unspecified atom stereocenters. The number of aromatic nitrogens is 2. The highest BCUT2D eigenvalue weighted by molar-refractivity contribution is 7.91. The monoisotopic (exact) mass is 309 g/mol. The number of aryl methyl sites for hydroxylation is 2. The van der Waals surface area contributed by atoms with Gasteiger partial charge in [-0.3, -0.25) is 4.68 Å². The van der Waals surface area contributed by atoms with E-state index >= 15 is 0 Å². The summed E-state index contributed by atoms with van der Waals surface area (Å²) in [5.74, 6) is 0.166. The fraction of sp³-hybridized carbons (Fsp3) is 0.700. The quantitative estimate of drug-likeness (QED) is 0.793. The van der Waals surface area contributed by atoms with Gasteiger partial charge in [-0.25, -0.2) is 22.0 Å². The first-order chi connectivity index (χ1) is 8.58. The van der Waals surface area contributed by atoms with Crippen LogP contribution in [0, 0.1) is 13.8 Å². The van der Waals surface area contributed by atoms with Crippen molar-refractivity contribution in [2.45, 2.75) is 38.6 Å². The Labute approximate surface area is 113 Å². The van der Waals surface area contributed by atoms with Crippen LogP contribution in [0.5, 0.6) is 0 Å². The van der Waals surface area contributed by atoms with Crippen molar-refractivity contribution in [3.8, 4) is 0 Å². The Hall–Kier alpha value is -0.930. The van der Waals surface area contributed by atoms with E-state index in [9.17, 15) is 16.8 Å². The Morgan fingerprint density at radius 1 is 1.21 bits per heavy atom. The van der Waals surface area contributed by atoms with Gasteiger partial charge in [-0.1, -0.05) is 6.92 Å². The standard InChI is InChI=1S/C10H19N3O4S2/c1-4-18(14,15)7-5-6-13-9(3)10(8(2)12-13)19(11,16)17/h4-7H2,1-3H3,(H2,11,16,17). The van der Waals surface area contributed by atoms with Gasteiger partial charge in [-0.2, -0.15) is 5.10 Å². The lowest BCUT2D eigenvalue weighted by Crippen LogP contribution is -2.15. The first-order valence-electron chi connectivity index (χ1n) is 5.85. The van der Waals surface area contributed by atoms with Crippen molar-refractivity contribution in [1.29, 1.82) is 0 Å². The van der Waals surface area contributed by atoms with Crippen molar-refractivity contribution in [2.75, 3.05) is 11.5 Å². The second kappa shape index (κ2) is 5.59. The zero-order valence-electron chi connectivity index (χ0n) is 11.2. The molecule has 0 radical (unpaired) electrons. The van der Waals surface area contributed by atoms with E-state index in [1.165, 1.54) is 4.68 Å². The maximum absolute atomic E-state index is 11.4. The van der Waals surface area contributed by atoms with Gasteiger partial charge in [0.25, 0.3) is 0 Å². The van der Waals surface area contributed by atoms with Gasteiger partial charge in [0.15, 0.2) is 0 Å². The number of nitrogens with two attached hydrogens (primary N) is 1. The second-order valence-corrected chi connectivity index (χ2v) is 8.33. The molecule has 7 nitrogen and oxygen atoms in total. The van der Waals surface area contributed by atoms with Crippen LogP contribution < -0.4 is 5.14 Å². The van der Waals surface area contributed by atoms with E-state index < -0.39 is 19.9 Å². The molecule has 1 aromatic heterocycles. The summed E-state index contributed by atoms with van der Waals surface area (Å²) in [6.45, 7) is 5.11. The van der Waals surface area contributed by atoms with E-state index in [4.69, 9.17) is 5.14 Å². The number of hydrogen-bond donors (Lipinski definition) is 1. The lowest BCUT2D eigenvalue weighted by molar-refractivity contribution is 0.562. The molecule has 1 aromatic rings. The fourth-order valence-corrected chi connectivity index (χ4v) is 3.72. The maximum atomic E-state index is 11.4. The van der Waals surface area contributed by atoms with E-state index in [1.807, 2.05) is 0 Å². The van der Waals surface area contributed by atoms with Crippen LogP contribution in [0.2, 0.25) is 0 Å². The van der Waals surface area contributed by atoms with Crippen molar-refractivity contribution in [3.63, 3.8) is 0 Å². The molecule has 19 heavy (non-hydrogen) atoms. The van der Waals surface area contributed by atoms with Gasteiger partial charge in [0.05, 0.1) is 17.1 Å². The molecule has 0 atom stereocenters. The molecule has 0 aliphatic rings. The van der Waals surface area contributed by atoms with Gasteiger partial charge in [-0.05, 0) is 20.3 Å². The zero-order chi connectivity index (χ0) is 14.8. The van der Waals surface area contributed by atoms with Gasteiger partial charge in [0.1, 0.15) is 14.7 Å². The van der Waals surface area contributed by atoms with Crippen LogP contribution in [0.3, 0.4) is 0 Å². The molecule has 0 fully saturated rings. The van der Waals surface area contributed by atoms with E-state index in [1.54, 1.807) is 20.8 Å². The molecular weight excluding hydrogens is 290 g/mol. The molecule has 0 saturated carbocycles. The average Bonchev–Trinajstić information content (AvgIpc) is 2.53. The van der Waals surface area contributed by atoms with Crippen molar-refractivity contribution < 1.29 is 16.8 Å². The highest BCUT2D eigenvalue weighted by atomic mass is 32.2. The summed E-state index contributed by atoms with van der Waals surface area (Å²) in [6, 6.07) is 0. The lowest BCUT2D eigenvalue weighted by atomic mass is 10.4. The summed E-state index contributed by atoms with van der Waals surface area (Å²) in [5, 5.41) is 9.20. The number of rotatable bonds is 6. The van der Waals surface area contributed by atoms with Gasteiger partial charge in [-0.15, -0.1) is 0 Å². The van der Waals surface area contributed by atoms with E-state index in [0.717, 1.165) is 0 Å². The molecule has 110 valence electrons. The third kappa shape index (κ3) is 4.02. The van der Waals surface area contributed by atoms with Crippen molar-refractivity contribution >= 4 is 19.9 Å². The van der Waals surface area contributed by atoms with Gasteiger partial charge >= 0.3 is 0 Å². The molecular formula is C10H19N3O4S2. The highest BCUT2D eigenvalue weighted by Gasteiger charge is 2.21. The number of sulfone groups is 1. The second-order valence-electron chi connectivity index (χ2n) is 4.36. The predicted octanol–water partition coefficient (Wildman–Crippen LogP) is -0.0279. The first-order valence-corrected chi connectivity index (χ1v) is 9.22. The molecule has 0 aromatic carbocycles. The molecule has 0 saturated heterocycles. The molecule has 0 aliphatic heterocycles. The summed E-state index contributed by atoms with van der Waals surface area (Å²) < 4.78 is 47.0. The number of sulfonamides is 1. The van der Waals surface area contributed by atoms with Crippen molar-refractivity contribution in [1.82, 2.24) is 9.78 Å². The fourth-order valence-electron chi connectivity index (χ4n) is 1.89. The van der Waals surface area contributed by atoms with Gasteiger partial charge in [0.2, 0.25) is 10.0 Å². The van der Waals surface area contributed by atoms with E-state index in [2.05, 4.69) is 5.10 Å². The Kier molecular flexibility index (Phi) is 4.75. The Bertz CT molecular complexity index is 659. The number of hydrogen-bond acceptors (Lipinski definition) is 5. The smallest absolute Gasteiger partial charge is 0.241 e. The number of nitrogens with zero attached hydrogens (tertiary/aromatic N) is 2. The Balaban J connectivity index is 2.88. The minimum absolute atomic E-state index is 0.0193. The molecule has 0 aliphatic carbocycles. The minimum atomic E-state index is -3.80. The summed E-state index contributed by atoms with van der Waals surface area (Å²) in [5.41, 5.74) is 0.771. The maximum Gasteiger partial charge on any atom is 0.241 e. The molecule has 0 amide bonds. The molecule has 1 heterocycles. The highest BCUT2D eigenvalue weighted by Crippen LogP contribution is 2.17. The summed E-state index contributed by atoms with van der Waals surface area (Å²) in [7, 11) is -6.82. The van der Waals surface area contributed by atoms with Gasteiger partial charge < -0.3 is 0 Å². The van der Waals surface area contributed by atoms with Crippen molar-refractivity contribution in [3.05, 3.63) is 11.4 Å². The van der Waals surface area contributed by atoms with Crippen LogP contribution >= 0.6 is 0 Å². The topological polar surface area (TPSA) is 112 Å². The van der Waals surface area contributed by atoms with Crippen LogP contribution in [0.25, 0.3) is 0 Å². The van der Waals surface area contributed by atoms with Crippen LogP contribution in [-0.2, 0) is 26.4 Å². The zero-order valence-corrected chi connectivity index (χ0v) is 12.9. The minimum Gasteiger partial charge on any atom is -0.268 e. The first kappa shape index (κ1) is 16.1. The largest absolute Gasteiger partial charge is 0.268 e. The third-order valence-electron chi connectivity index (χ3n) is 2.86. The number of primary sulfonamides is 1. The average molecular weight is 309 g/mol. The van der Waals surface area contributed by atoms with Gasteiger partial charge in [0, 0.05) is 12.3 Å². The predicted molar refractivity (Wildman–Crippen MR) is 72.0 cm³/mol. The lowest BCUT2D eigenvalue weighted by Gasteiger charge is -2.05. The molecule has 0 spiro atoms. The Morgan fingerprint density at radius 3 is 2.21 bits per heavy atom. The molecule has 0 bridgehead atoms. The van der Waals surface area contributed by atoms with Crippen LogP contribution in [0.1, 0.15) is 24.7 Å². The summed E-state index contributed by atoms with van der Waals surface area (Å²) in [4.78, 5) is 0.0193. The normalized spacial score (nSPS) is 12.8. The van der Waals surface area contributed by atoms with Crippen molar-refractivity contribution in [2.24, 2.45) is 5.14 Å². The Morgan fingerprint density at radius 2 is 1.79 bits per heavy atom. The summed E-state index contributed by atoms with van der Waals surface area (Å²) in [6.07, 6.45) is 0.391. The SMILES string of the molecule is CCS(=O)(=O)CCCn1nc(C)c(S(N)(=O)=O)c1C. The molecule has 9 heteroatoms.